The number of nitrogens with one attached hydrogen (secondary N) is 1. The van der Waals surface area contributed by atoms with Gasteiger partial charge in [0.05, 0.1) is 12.6 Å². The summed E-state index contributed by atoms with van der Waals surface area (Å²) in [6.07, 6.45) is 0.357. The molecule has 2 atom stereocenters. The number of aromatic nitrogens is 1. The quantitative estimate of drug-likeness (QED) is 0.793. The maximum Gasteiger partial charge on any atom is 0.223 e. The summed E-state index contributed by atoms with van der Waals surface area (Å²) in [5.41, 5.74) is 1.07. The Labute approximate surface area is 118 Å². The number of nitrogens with zero attached hydrogens (tertiary/aromatic N) is 1. The molecule has 0 unspecified atom stereocenters. The lowest BCUT2D eigenvalue weighted by molar-refractivity contribution is -0.138. The summed E-state index contributed by atoms with van der Waals surface area (Å²) >= 11 is 0. The fraction of sp³-hybridized carbons (Fsp3) is 0.400. The Balaban J connectivity index is 1.98. The van der Waals surface area contributed by atoms with Crippen molar-refractivity contribution in [3.8, 4) is 0 Å². The molecule has 0 saturated carbocycles. The first kappa shape index (κ1) is 12.7. The van der Waals surface area contributed by atoms with Crippen molar-refractivity contribution in [1.29, 1.82) is 0 Å². The number of amides is 1. The summed E-state index contributed by atoms with van der Waals surface area (Å²) in [7, 11) is 0. The van der Waals surface area contributed by atoms with Crippen molar-refractivity contribution in [2.45, 2.75) is 31.5 Å². The van der Waals surface area contributed by atoms with Gasteiger partial charge in [0.1, 0.15) is 6.17 Å². The topological polar surface area (TPSA) is 36.1 Å². The van der Waals surface area contributed by atoms with E-state index in [1.54, 1.807) is 0 Å². The minimum absolute atomic E-state index is 0.0184. The molecule has 3 nitrogen and oxygen atoms in total. The summed E-state index contributed by atoms with van der Waals surface area (Å²) in [6, 6.07) is 2.17. The lowest BCUT2D eigenvalue weighted by Crippen LogP contribution is -2.43. The Bertz CT molecular complexity index is 755. The second kappa shape index (κ2) is 4.26. The maximum atomic E-state index is 14.5. The van der Waals surface area contributed by atoms with Gasteiger partial charge in [-0.25, -0.2) is 13.2 Å². The van der Waals surface area contributed by atoms with Crippen molar-refractivity contribution in [2.24, 2.45) is 0 Å². The molecule has 0 radical (unpaired) electrons. The molecular formula is C15H13F3N2O. The number of carbonyl (C=O) groups is 1. The molecule has 21 heavy (non-hydrogen) atoms. The van der Waals surface area contributed by atoms with Crippen LogP contribution in [0.4, 0.5) is 13.2 Å². The van der Waals surface area contributed by atoms with Gasteiger partial charge in [0.15, 0.2) is 11.6 Å². The number of H-pyrrole nitrogens is 1. The minimum atomic E-state index is -1.50. The average Bonchev–Trinajstić information content (AvgIpc) is 2.85. The molecule has 1 aromatic carbocycles. The van der Waals surface area contributed by atoms with Crippen LogP contribution in [-0.4, -0.2) is 22.3 Å². The van der Waals surface area contributed by atoms with Gasteiger partial charge in [-0.1, -0.05) is 0 Å². The minimum Gasteiger partial charge on any atom is -0.356 e. The summed E-state index contributed by atoms with van der Waals surface area (Å²) < 4.78 is 42.0. The van der Waals surface area contributed by atoms with E-state index < -0.39 is 17.8 Å². The van der Waals surface area contributed by atoms with Crippen molar-refractivity contribution in [1.82, 2.24) is 9.88 Å². The van der Waals surface area contributed by atoms with Gasteiger partial charge >= 0.3 is 0 Å². The highest BCUT2D eigenvalue weighted by Crippen LogP contribution is 2.45. The molecule has 0 aliphatic carbocycles. The predicted octanol–water partition coefficient (Wildman–Crippen LogP) is 3.52. The summed E-state index contributed by atoms with van der Waals surface area (Å²) in [6.45, 7) is -0.0839. The number of aromatic amines is 1. The molecule has 2 aromatic rings. The first-order chi connectivity index (χ1) is 10.1. The van der Waals surface area contributed by atoms with Crippen LogP contribution in [0.3, 0.4) is 0 Å². The van der Waals surface area contributed by atoms with Crippen molar-refractivity contribution in [3.05, 3.63) is 35.0 Å². The zero-order valence-electron chi connectivity index (χ0n) is 11.1. The van der Waals surface area contributed by atoms with Gasteiger partial charge in [-0.15, -0.1) is 0 Å². The highest BCUT2D eigenvalue weighted by atomic mass is 19.2. The molecule has 4 rings (SSSR count). The molecule has 3 heterocycles. The fourth-order valence-corrected chi connectivity index (χ4v) is 3.57. The molecule has 0 spiro atoms. The van der Waals surface area contributed by atoms with Crippen molar-refractivity contribution in [3.63, 3.8) is 0 Å². The monoisotopic (exact) mass is 294 g/mol. The number of fused-ring (bicyclic) bond motifs is 5. The second-order valence-corrected chi connectivity index (χ2v) is 5.66. The van der Waals surface area contributed by atoms with Crippen LogP contribution in [0.25, 0.3) is 10.9 Å². The second-order valence-electron chi connectivity index (χ2n) is 5.66. The molecule has 1 aromatic heterocycles. The van der Waals surface area contributed by atoms with Gasteiger partial charge in [-0.2, -0.15) is 0 Å². The third-order valence-corrected chi connectivity index (χ3v) is 4.49. The van der Waals surface area contributed by atoms with E-state index in [4.69, 9.17) is 0 Å². The zero-order chi connectivity index (χ0) is 14.7. The fourth-order valence-electron chi connectivity index (χ4n) is 3.57. The Kier molecular flexibility index (Phi) is 2.58. The Morgan fingerprint density at radius 1 is 1.29 bits per heavy atom. The average molecular weight is 294 g/mol. The molecule has 6 heteroatoms. The first-order valence-electron chi connectivity index (χ1n) is 7.01. The SMILES string of the molecule is O=C1CCC[C@H]2c3[nH]c4ccc(F)c(F)c4c3[C@H](F)CN12. The largest absolute Gasteiger partial charge is 0.356 e. The summed E-state index contributed by atoms with van der Waals surface area (Å²) in [4.78, 5) is 16.4. The molecule has 2 aliphatic rings. The van der Waals surface area contributed by atoms with E-state index in [9.17, 15) is 18.0 Å². The third-order valence-electron chi connectivity index (χ3n) is 4.49. The molecule has 1 saturated heterocycles. The van der Waals surface area contributed by atoms with E-state index in [-0.39, 0.29) is 29.4 Å². The van der Waals surface area contributed by atoms with Crippen molar-refractivity contribution < 1.29 is 18.0 Å². The van der Waals surface area contributed by atoms with Crippen molar-refractivity contribution in [2.75, 3.05) is 6.54 Å². The molecule has 0 bridgehead atoms. The van der Waals surface area contributed by atoms with E-state index in [1.807, 2.05) is 0 Å². The summed E-state index contributed by atoms with van der Waals surface area (Å²) in [5, 5.41) is -0.0184. The molecule has 1 fully saturated rings. The molecule has 2 aliphatic heterocycles. The van der Waals surface area contributed by atoms with Crippen LogP contribution in [-0.2, 0) is 4.79 Å². The molecular weight excluding hydrogens is 281 g/mol. The maximum absolute atomic E-state index is 14.5. The Morgan fingerprint density at radius 2 is 2.10 bits per heavy atom. The Morgan fingerprint density at radius 3 is 2.90 bits per heavy atom. The van der Waals surface area contributed by atoms with Gasteiger partial charge in [-0.05, 0) is 25.0 Å². The van der Waals surface area contributed by atoms with E-state index in [2.05, 4.69) is 4.98 Å². The number of piperidine rings is 1. The smallest absolute Gasteiger partial charge is 0.223 e. The molecule has 1 N–H and O–H groups in total. The standard InChI is InChI=1S/C15H13F3N2O/c16-7-4-5-9-13(14(7)18)12-8(17)6-20-10(15(12)19-9)2-1-3-11(20)21/h4-5,8,10,19H,1-3,6H2/t8-,10+/m1/s1. The zero-order valence-corrected chi connectivity index (χ0v) is 11.1. The number of carbonyl (C=O) groups excluding carboxylic acids is 1. The van der Waals surface area contributed by atoms with Gasteiger partial charge in [0, 0.05) is 28.6 Å². The van der Waals surface area contributed by atoms with Crippen LogP contribution in [0, 0.1) is 11.6 Å². The van der Waals surface area contributed by atoms with Crippen LogP contribution in [0.5, 0.6) is 0 Å². The lowest BCUT2D eigenvalue weighted by Gasteiger charge is -2.40. The van der Waals surface area contributed by atoms with Gasteiger partial charge < -0.3 is 9.88 Å². The number of alkyl halides is 1. The van der Waals surface area contributed by atoms with E-state index >= 15 is 0 Å². The van der Waals surface area contributed by atoms with Gasteiger partial charge in [-0.3, -0.25) is 4.79 Å². The van der Waals surface area contributed by atoms with Gasteiger partial charge in [0.25, 0.3) is 0 Å². The van der Waals surface area contributed by atoms with Gasteiger partial charge in [0.2, 0.25) is 5.91 Å². The number of hydrogen-bond acceptors (Lipinski definition) is 1. The van der Waals surface area contributed by atoms with E-state index in [0.29, 0.717) is 24.1 Å². The highest BCUT2D eigenvalue weighted by molar-refractivity contribution is 5.87. The Hall–Kier alpha value is -1.98. The predicted molar refractivity (Wildman–Crippen MR) is 70.4 cm³/mol. The van der Waals surface area contributed by atoms with Crippen LogP contribution >= 0.6 is 0 Å². The molecule has 110 valence electrons. The van der Waals surface area contributed by atoms with E-state index in [1.165, 1.54) is 11.0 Å². The van der Waals surface area contributed by atoms with Crippen LogP contribution in [0.2, 0.25) is 0 Å². The van der Waals surface area contributed by atoms with Crippen LogP contribution in [0.15, 0.2) is 12.1 Å². The van der Waals surface area contributed by atoms with E-state index in [0.717, 1.165) is 12.5 Å². The van der Waals surface area contributed by atoms with Crippen molar-refractivity contribution >= 4 is 16.8 Å². The number of rotatable bonds is 0. The summed E-state index contributed by atoms with van der Waals surface area (Å²) in [5.74, 6) is -2.09. The number of benzene rings is 1. The lowest BCUT2D eigenvalue weighted by atomic mass is 9.89. The number of halogens is 3. The third kappa shape index (κ3) is 1.65. The number of hydrogen-bond donors (Lipinski definition) is 1. The van der Waals surface area contributed by atoms with Crippen LogP contribution < -0.4 is 0 Å². The normalized spacial score (nSPS) is 25.1. The highest BCUT2D eigenvalue weighted by Gasteiger charge is 2.41. The molecule has 1 amide bonds. The first-order valence-corrected chi connectivity index (χ1v) is 7.01. The van der Waals surface area contributed by atoms with Crippen LogP contribution in [0.1, 0.15) is 42.7 Å².